The molecule has 0 radical (unpaired) electrons. The number of aromatic nitrogens is 2. The summed E-state index contributed by atoms with van der Waals surface area (Å²) in [6, 6.07) is 16.6. The monoisotopic (exact) mass is 438 g/mol. The van der Waals surface area contributed by atoms with Gasteiger partial charge in [0.25, 0.3) is 5.91 Å². The lowest BCUT2D eigenvalue weighted by Crippen LogP contribution is -2.26. The van der Waals surface area contributed by atoms with Crippen LogP contribution in [-0.2, 0) is 23.1 Å². The number of carbonyl (C=O) groups excluding carboxylic acids is 1. The number of nitrogens with one attached hydrogen (secondary N) is 2. The van der Waals surface area contributed by atoms with E-state index < -0.39 is 10.0 Å². The summed E-state index contributed by atoms with van der Waals surface area (Å²) in [6.45, 7) is 4.63. The molecule has 0 aliphatic heterocycles. The lowest BCUT2D eigenvalue weighted by atomic mass is 10.1. The Balaban J connectivity index is 1.40. The van der Waals surface area contributed by atoms with Crippen LogP contribution in [0.4, 0.5) is 0 Å². The topological polar surface area (TPSA) is 93.1 Å². The minimum atomic E-state index is -3.47. The summed E-state index contributed by atoms with van der Waals surface area (Å²) >= 11 is 0. The van der Waals surface area contributed by atoms with Crippen molar-refractivity contribution in [3.8, 4) is 0 Å². The van der Waals surface area contributed by atoms with Gasteiger partial charge in [0.05, 0.1) is 22.7 Å². The maximum atomic E-state index is 12.8. The largest absolute Gasteiger partial charge is 0.348 e. The van der Waals surface area contributed by atoms with E-state index in [9.17, 15) is 13.2 Å². The van der Waals surface area contributed by atoms with Crippen molar-refractivity contribution in [1.29, 1.82) is 0 Å². The average molecular weight is 439 g/mol. The van der Waals surface area contributed by atoms with Crippen LogP contribution in [0.2, 0.25) is 0 Å². The highest BCUT2D eigenvalue weighted by molar-refractivity contribution is 7.89. The van der Waals surface area contributed by atoms with Crippen LogP contribution < -0.4 is 10.0 Å². The first-order valence-corrected chi connectivity index (χ1v) is 11.8. The molecule has 1 heterocycles. The molecule has 1 aliphatic rings. The Morgan fingerprint density at radius 2 is 1.71 bits per heavy atom. The average Bonchev–Trinajstić information content (AvgIpc) is 3.51. The van der Waals surface area contributed by atoms with Crippen molar-refractivity contribution in [2.45, 2.75) is 50.7 Å². The van der Waals surface area contributed by atoms with E-state index in [0.717, 1.165) is 29.7 Å². The van der Waals surface area contributed by atoms with Gasteiger partial charge in [0.15, 0.2) is 0 Å². The molecule has 0 atom stereocenters. The van der Waals surface area contributed by atoms with Gasteiger partial charge in [-0.25, -0.2) is 13.1 Å². The standard InChI is InChI=1S/C23H26N4O3S/c1-16-22(17(2)27(25-16)15-19-6-4-3-5-7-19)23(28)24-14-18-8-12-21(13-9-18)31(29,30)26-20-10-11-20/h3-9,12-13,20,26H,10-11,14-15H2,1-2H3,(H,24,28). The molecule has 0 bridgehead atoms. The molecular formula is C23H26N4O3S. The zero-order chi connectivity index (χ0) is 22.0. The van der Waals surface area contributed by atoms with Crippen LogP contribution in [0.3, 0.4) is 0 Å². The Hall–Kier alpha value is -2.97. The number of amides is 1. The summed E-state index contributed by atoms with van der Waals surface area (Å²) in [6.07, 6.45) is 1.79. The number of sulfonamides is 1. The van der Waals surface area contributed by atoms with Gasteiger partial charge in [-0.2, -0.15) is 5.10 Å². The van der Waals surface area contributed by atoms with Gasteiger partial charge in [0, 0.05) is 18.3 Å². The second-order valence-corrected chi connectivity index (χ2v) is 9.63. The highest BCUT2D eigenvalue weighted by Gasteiger charge is 2.27. The van der Waals surface area contributed by atoms with Crippen LogP contribution in [0.15, 0.2) is 59.5 Å². The molecule has 0 saturated heterocycles. The summed E-state index contributed by atoms with van der Waals surface area (Å²) < 4.78 is 29.0. The summed E-state index contributed by atoms with van der Waals surface area (Å²) in [5, 5.41) is 7.45. The molecule has 8 heteroatoms. The summed E-state index contributed by atoms with van der Waals surface area (Å²) in [4.78, 5) is 13.0. The van der Waals surface area contributed by atoms with Gasteiger partial charge < -0.3 is 5.32 Å². The lowest BCUT2D eigenvalue weighted by molar-refractivity contribution is 0.0949. The van der Waals surface area contributed by atoms with Crippen molar-refractivity contribution in [2.75, 3.05) is 0 Å². The molecule has 2 aromatic carbocycles. The molecule has 1 saturated carbocycles. The fourth-order valence-corrected chi connectivity index (χ4v) is 4.79. The third-order valence-electron chi connectivity index (χ3n) is 5.37. The molecule has 1 amide bonds. The van der Waals surface area contributed by atoms with Gasteiger partial charge in [0.1, 0.15) is 0 Å². The Labute approximate surface area is 182 Å². The van der Waals surface area contributed by atoms with E-state index in [1.165, 1.54) is 0 Å². The minimum Gasteiger partial charge on any atom is -0.348 e. The number of hydrogen-bond acceptors (Lipinski definition) is 4. The lowest BCUT2D eigenvalue weighted by Gasteiger charge is -2.09. The summed E-state index contributed by atoms with van der Waals surface area (Å²) in [5.74, 6) is -0.193. The molecule has 4 rings (SSSR count). The number of rotatable bonds is 8. The molecule has 1 aromatic heterocycles. The molecule has 1 aliphatic carbocycles. The van der Waals surface area contributed by atoms with Crippen molar-refractivity contribution >= 4 is 15.9 Å². The molecule has 0 unspecified atom stereocenters. The van der Waals surface area contributed by atoms with E-state index in [-0.39, 0.29) is 16.8 Å². The van der Waals surface area contributed by atoms with Crippen molar-refractivity contribution in [2.24, 2.45) is 0 Å². The quantitative estimate of drug-likeness (QED) is 0.566. The predicted molar refractivity (Wildman–Crippen MR) is 118 cm³/mol. The fraction of sp³-hybridized carbons (Fsp3) is 0.304. The van der Waals surface area contributed by atoms with Crippen molar-refractivity contribution in [1.82, 2.24) is 19.8 Å². The van der Waals surface area contributed by atoms with E-state index in [1.807, 2.05) is 48.9 Å². The van der Waals surface area contributed by atoms with Gasteiger partial charge in [-0.3, -0.25) is 9.48 Å². The Kier molecular flexibility index (Phi) is 5.93. The van der Waals surface area contributed by atoms with Crippen LogP contribution in [0.5, 0.6) is 0 Å². The van der Waals surface area contributed by atoms with Crippen molar-refractivity contribution in [3.05, 3.63) is 82.7 Å². The Morgan fingerprint density at radius 3 is 2.35 bits per heavy atom. The first kappa shape index (κ1) is 21.3. The SMILES string of the molecule is Cc1nn(Cc2ccccc2)c(C)c1C(=O)NCc1ccc(S(=O)(=O)NC2CC2)cc1. The van der Waals surface area contributed by atoms with Crippen LogP contribution in [0.1, 0.15) is 45.7 Å². The molecule has 2 N–H and O–H groups in total. The van der Waals surface area contributed by atoms with Crippen LogP contribution in [0, 0.1) is 13.8 Å². The third-order valence-corrected chi connectivity index (χ3v) is 6.91. The smallest absolute Gasteiger partial charge is 0.255 e. The second kappa shape index (κ2) is 8.64. The van der Waals surface area contributed by atoms with Gasteiger partial charge >= 0.3 is 0 Å². The fourth-order valence-electron chi connectivity index (χ4n) is 3.48. The maximum absolute atomic E-state index is 12.8. The molecular weight excluding hydrogens is 412 g/mol. The first-order valence-electron chi connectivity index (χ1n) is 10.3. The second-order valence-electron chi connectivity index (χ2n) is 7.91. The molecule has 162 valence electrons. The van der Waals surface area contributed by atoms with E-state index >= 15 is 0 Å². The van der Waals surface area contributed by atoms with E-state index in [0.29, 0.717) is 24.3 Å². The van der Waals surface area contributed by atoms with Crippen LogP contribution in [-0.4, -0.2) is 30.1 Å². The summed E-state index contributed by atoms with van der Waals surface area (Å²) in [5.41, 5.74) is 4.01. The molecule has 7 nitrogen and oxygen atoms in total. The van der Waals surface area contributed by atoms with Gasteiger partial charge in [-0.1, -0.05) is 42.5 Å². The number of hydrogen-bond donors (Lipinski definition) is 2. The zero-order valence-electron chi connectivity index (χ0n) is 17.6. The number of benzene rings is 2. The summed E-state index contributed by atoms with van der Waals surface area (Å²) in [7, 11) is -3.47. The highest BCUT2D eigenvalue weighted by Crippen LogP contribution is 2.22. The molecule has 3 aromatic rings. The van der Waals surface area contributed by atoms with Crippen molar-refractivity contribution < 1.29 is 13.2 Å². The number of aryl methyl sites for hydroxylation is 1. The van der Waals surface area contributed by atoms with Gasteiger partial charge in [-0.15, -0.1) is 0 Å². The zero-order valence-corrected chi connectivity index (χ0v) is 18.4. The van der Waals surface area contributed by atoms with Crippen LogP contribution in [0.25, 0.3) is 0 Å². The highest BCUT2D eigenvalue weighted by atomic mass is 32.2. The minimum absolute atomic E-state index is 0.0678. The van der Waals surface area contributed by atoms with E-state index in [1.54, 1.807) is 24.3 Å². The number of nitrogens with zero attached hydrogens (tertiary/aromatic N) is 2. The molecule has 0 spiro atoms. The van der Waals surface area contributed by atoms with E-state index in [4.69, 9.17) is 0 Å². The van der Waals surface area contributed by atoms with Gasteiger partial charge in [0.2, 0.25) is 10.0 Å². The van der Waals surface area contributed by atoms with Crippen LogP contribution >= 0.6 is 0 Å². The predicted octanol–water partition coefficient (Wildman–Crippen LogP) is 2.92. The maximum Gasteiger partial charge on any atom is 0.255 e. The first-order chi connectivity index (χ1) is 14.8. The number of carbonyl (C=O) groups is 1. The van der Waals surface area contributed by atoms with E-state index in [2.05, 4.69) is 15.1 Å². The third kappa shape index (κ3) is 5.03. The Bertz CT molecular complexity index is 1180. The Morgan fingerprint density at radius 1 is 1.03 bits per heavy atom. The molecule has 31 heavy (non-hydrogen) atoms. The molecule has 1 fully saturated rings. The van der Waals surface area contributed by atoms with Gasteiger partial charge in [-0.05, 0) is 49.9 Å². The van der Waals surface area contributed by atoms with Crippen molar-refractivity contribution in [3.63, 3.8) is 0 Å². The normalized spacial score (nSPS) is 13.9.